The standard InChI is InChI=1S/C25H30N2O4/c1-2-31-22-10-8-20(9-11-22)16-24(29)26-14-12-23(28)27(17-21-6-4-3-5-7-21)25(18-26)13-15-30-19-25/h3-11H,2,12-19H2,1H3. The Morgan fingerprint density at radius 3 is 2.55 bits per heavy atom. The van der Waals surface area contributed by atoms with E-state index in [9.17, 15) is 9.59 Å². The highest BCUT2D eigenvalue weighted by Gasteiger charge is 2.46. The van der Waals surface area contributed by atoms with E-state index in [2.05, 4.69) is 0 Å². The molecule has 2 fully saturated rings. The van der Waals surface area contributed by atoms with Crippen molar-refractivity contribution in [2.45, 2.75) is 38.3 Å². The zero-order valence-corrected chi connectivity index (χ0v) is 18.1. The van der Waals surface area contributed by atoms with Gasteiger partial charge in [0.1, 0.15) is 5.75 Å². The molecular formula is C25H30N2O4. The van der Waals surface area contributed by atoms with Gasteiger partial charge in [0, 0.05) is 32.7 Å². The second kappa shape index (κ2) is 9.52. The maximum atomic E-state index is 13.2. The number of carbonyl (C=O) groups is 2. The smallest absolute Gasteiger partial charge is 0.227 e. The monoisotopic (exact) mass is 422 g/mol. The van der Waals surface area contributed by atoms with Crippen molar-refractivity contribution in [3.8, 4) is 5.75 Å². The van der Waals surface area contributed by atoms with Crippen LogP contribution in [-0.2, 0) is 27.3 Å². The fraction of sp³-hybridized carbons (Fsp3) is 0.440. The molecule has 2 heterocycles. The number of carbonyl (C=O) groups excluding carboxylic acids is 2. The third-order valence-corrected chi connectivity index (χ3v) is 6.16. The Morgan fingerprint density at radius 1 is 1.10 bits per heavy atom. The Bertz CT molecular complexity index is 891. The lowest BCUT2D eigenvalue weighted by atomic mass is 9.94. The molecule has 164 valence electrons. The fourth-order valence-electron chi connectivity index (χ4n) is 4.48. The molecule has 0 bridgehead atoms. The van der Waals surface area contributed by atoms with Crippen LogP contribution < -0.4 is 4.74 Å². The van der Waals surface area contributed by atoms with E-state index in [0.717, 1.165) is 23.3 Å². The van der Waals surface area contributed by atoms with Crippen molar-refractivity contribution < 1.29 is 19.1 Å². The van der Waals surface area contributed by atoms with Crippen LogP contribution in [0, 0.1) is 0 Å². The normalized spacial score (nSPS) is 21.4. The van der Waals surface area contributed by atoms with Crippen LogP contribution in [0.1, 0.15) is 30.9 Å². The summed E-state index contributed by atoms with van der Waals surface area (Å²) in [6.07, 6.45) is 1.40. The number of hydrogen-bond donors (Lipinski definition) is 0. The third-order valence-electron chi connectivity index (χ3n) is 6.16. The predicted molar refractivity (Wildman–Crippen MR) is 118 cm³/mol. The molecule has 2 aliphatic rings. The number of hydrogen-bond acceptors (Lipinski definition) is 4. The topological polar surface area (TPSA) is 59.1 Å². The van der Waals surface area contributed by atoms with Gasteiger partial charge in [-0.3, -0.25) is 9.59 Å². The van der Waals surface area contributed by atoms with Gasteiger partial charge >= 0.3 is 0 Å². The van der Waals surface area contributed by atoms with Gasteiger partial charge in [-0.25, -0.2) is 0 Å². The summed E-state index contributed by atoms with van der Waals surface area (Å²) < 4.78 is 11.2. The van der Waals surface area contributed by atoms with Gasteiger partial charge in [-0.05, 0) is 36.6 Å². The lowest BCUT2D eigenvalue weighted by Gasteiger charge is -2.40. The summed E-state index contributed by atoms with van der Waals surface area (Å²) in [7, 11) is 0. The molecule has 0 saturated carbocycles. The molecule has 1 unspecified atom stereocenters. The first kappa shape index (κ1) is 21.4. The number of benzene rings is 2. The van der Waals surface area contributed by atoms with E-state index in [-0.39, 0.29) is 11.8 Å². The summed E-state index contributed by atoms with van der Waals surface area (Å²) in [4.78, 5) is 30.1. The quantitative estimate of drug-likeness (QED) is 0.718. The Labute approximate surface area is 183 Å². The van der Waals surface area contributed by atoms with Gasteiger partial charge in [-0.1, -0.05) is 42.5 Å². The molecule has 0 radical (unpaired) electrons. The zero-order valence-electron chi connectivity index (χ0n) is 18.1. The predicted octanol–water partition coefficient (Wildman–Crippen LogP) is 3.05. The summed E-state index contributed by atoms with van der Waals surface area (Å²) in [5.74, 6) is 0.938. The molecular weight excluding hydrogens is 392 g/mol. The van der Waals surface area contributed by atoms with Crippen molar-refractivity contribution in [1.82, 2.24) is 9.80 Å². The highest BCUT2D eigenvalue weighted by atomic mass is 16.5. The molecule has 2 aliphatic heterocycles. The summed E-state index contributed by atoms with van der Waals surface area (Å²) in [6.45, 7) is 5.15. The van der Waals surface area contributed by atoms with Crippen molar-refractivity contribution in [3.63, 3.8) is 0 Å². The van der Waals surface area contributed by atoms with Crippen LogP contribution in [0.2, 0.25) is 0 Å². The summed E-state index contributed by atoms with van der Waals surface area (Å²) in [5.41, 5.74) is 1.58. The van der Waals surface area contributed by atoms with Crippen molar-refractivity contribution in [2.24, 2.45) is 0 Å². The lowest BCUT2D eigenvalue weighted by molar-refractivity contribution is -0.138. The number of ether oxygens (including phenoxy) is 2. The first-order valence-electron chi connectivity index (χ1n) is 11.0. The van der Waals surface area contributed by atoms with Crippen LogP contribution in [0.3, 0.4) is 0 Å². The van der Waals surface area contributed by atoms with Gasteiger partial charge < -0.3 is 19.3 Å². The molecule has 2 aromatic carbocycles. The molecule has 0 N–H and O–H groups in total. The first-order valence-corrected chi connectivity index (χ1v) is 11.0. The molecule has 0 aliphatic carbocycles. The van der Waals surface area contributed by atoms with E-state index >= 15 is 0 Å². The second-order valence-electron chi connectivity index (χ2n) is 8.31. The molecule has 0 aromatic heterocycles. The van der Waals surface area contributed by atoms with Crippen LogP contribution in [0.4, 0.5) is 0 Å². The molecule has 1 atom stereocenters. The maximum absolute atomic E-state index is 13.2. The van der Waals surface area contributed by atoms with Crippen molar-refractivity contribution in [2.75, 3.05) is 32.9 Å². The van der Waals surface area contributed by atoms with E-state index < -0.39 is 5.54 Å². The largest absolute Gasteiger partial charge is 0.494 e. The summed E-state index contributed by atoms with van der Waals surface area (Å²) >= 11 is 0. The highest BCUT2D eigenvalue weighted by Crippen LogP contribution is 2.32. The molecule has 1 spiro atoms. The Hall–Kier alpha value is -2.86. The Morgan fingerprint density at radius 2 is 1.87 bits per heavy atom. The zero-order chi connectivity index (χ0) is 21.7. The molecule has 2 saturated heterocycles. The molecule has 2 aromatic rings. The van der Waals surface area contributed by atoms with Crippen LogP contribution in [0.15, 0.2) is 54.6 Å². The average molecular weight is 423 g/mol. The molecule has 2 amide bonds. The van der Waals surface area contributed by atoms with E-state index in [0.29, 0.717) is 52.3 Å². The van der Waals surface area contributed by atoms with Crippen LogP contribution in [0.25, 0.3) is 0 Å². The molecule has 6 heteroatoms. The number of amides is 2. The Kier molecular flexibility index (Phi) is 6.56. The van der Waals surface area contributed by atoms with Gasteiger partial charge in [0.25, 0.3) is 0 Å². The lowest BCUT2D eigenvalue weighted by Crippen LogP contribution is -2.56. The first-order chi connectivity index (χ1) is 15.1. The average Bonchev–Trinajstić information content (AvgIpc) is 3.21. The van der Waals surface area contributed by atoms with Crippen LogP contribution >= 0.6 is 0 Å². The van der Waals surface area contributed by atoms with Crippen molar-refractivity contribution in [1.29, 1.82) is 0 Å². The summed E-state index contributed by atoms with van der Waals surface area (Å²) in [5, 5.41) is 0. The number of nitrogens with zero attached hydrogens (tertiary/aromatic N) is 2. The van der Waals surface area contributed by atoms with Crippen LogP contribution in [-0.4, -0.2) is 60.1 Å². The van der Waals surface area contributed by atoms with Crippen LogP contribution in [0.5, 0.6) is 5.75 Å². The second-order valence-corrected chi connectivity index (χ2v) is 8.31. The SMILES string of the molecule is CCOc1ccc(CC(=O)N2CCC(=O)N(Cc3ccccc3)C3(CCOC3)C2)cc1. The Balaban J connectivity index is 1.50. The van der Waals surface area contributed by atoms with Gasteiger partial charge in [-0.15, -0.1) is 0 Å². The molecule has 31 heavy (non-hydrogen) atoms. The van der Waals surface area contributed by atoms with Gasteiger partial charge in [0.05, 0.1) is 25.2 Å². The minimum absolute atomic E-state index is 0.0461. The fourth-order valence-corrected chi connectivity index (χ4v) is 4.48. The highest BCUT2D eigenvalue weighted by molar-refractivity contribution is 5.82. The van der Waals surface area contributed by atoms with E-state index in [1.807, 2.05) is 71.3 Å². The van der Waals surface area contributed by atoms with E-state index in [4.69, 9.17) is 9.47 Å². The molecule has 4 rings (SSSR count). The van der Waals surface area contributed by atoms with Gasteiger partial charge in [0.15, 0.2) is 0 Å². The van der Waals surface area contributed by atoms with E-state index in [1.54, 1.807) is 0 Å². The minimum atomic E-state index is -0.460. The van der Waals surface area contributed by atoms with Crippen molar-refractivity contribution >= 4 is 11.8 Å². The van der Waals surface area contributed by atoms with E-state index in [1.165, 1.54) is 0 Å². The molecule has 6 nitrogen and oxygen atoms in total. The summed E-state index contributed by atoms with van der Waals surface area (Å²) in [6, 6.07) is 17.7. The number of rotatable bonds is 6. The maximum Gasteiger partial charge on any atom is 0.227 e. The van der Waals surface area contributed by atoms with Gasteiger partial charge in [0.2, 0.25) is 11.8 Å². The van der Waals surface area contributed by atoms with Gasteiger partial charge in [-0.2, -0.15) is 0 Å². The minimum Gasteiger partial charge on any atom is -0.494 e. The van der Waals surface area contributed by atoms with Crippen molar-refractivity contribution in [3.05, 3.63) is 65.7 Å². The third kappa shape index (κ3) is 4.90.